The number of para-hydroxylation sites is 1. The van der Waals surface area contributed by atoms with Crippen molar-refractivity contribution in [3.63, 3.8) is 0 Å². The molecule has 96 valence electrons. The normalized spacial score (nSPS) is 12.5. The second-order valence-electron chi connectivity index (χ2n) is 4.28. The highest BCUT2D eigenvalue weighted by atomic mass is 15.4. The maximum absolute atomic E-state index is 6.26. The number of aryl methyl sites for hydroxylation is 1. The number of nitrogens with two attached hydrogens (primary N) is 1. The predicted octanol–water partition coefficient (Wildman–Crippen LogP) is 1.05. The van der Waals surface area contributed by atoms with Gasteiger partial charge in [0.25, 0.3) is 0 Å². The van der Waals surface area contributed by atoms with Gasteiger partial charge in [0.05, 0.1) is 17.6 Å². The molecule has 2 N–H and O–H groups in total. The molecule has 0 aliphatic heterocycles. The zero-order valence-corrected chi connectivity index (χ0v) is 10.5. The van der Waals surface area contributed by atoms with E-state index >= 15 is 0 Å². The number of hydrogen-bond acceptors (Lipinski definition) is 4. The van der Waals surface area contributed by atoms with Crippen LogP contribution < -0.4 is 5.73 Å². The van der Waals surface area contributed by atoms with Crippen molar-refractivity contribution >= 4 is 0 Å². The molecular weight excluding hydrogens is 240 g/mol. The van der Waals surface area contributed by atoms with Crippen molar-refractivity contribution in [1.29, 1.82) is 0 Å². The first-order valence-electron chi connectivity index (χ1n) is 5.96. The van der Waals surface area contributed by atoms with E-state index in [1.54, 1.807) is 17.1 Å². The molecule has 3 rings (SSSR count). The number of benzene rings is 1. The van der Waals surface area contributed by atoms with Crippen LogP contribution in [0.5, 0.6) is 0 Å². The third kappa shape index (κ3) is 2.02. The molecular formula is C13H14N6. The Hall–Kier alpha value is -2.47. The summed E-state index contributed by atoms with van der Waals surface area (Å²) in [7, 11) is 1.92. The average molecular weight is 254 g/mol. The van der Waals surface area contributed by atoms with Crippen LogP contribution in [0, 0.1) is 0 Å². The molecule has 0 spiro atoms. The number of nitrogens with zero attached hydrogens (tertiary/aromatic N) is 5. The Morgan fingerprint density at radius 2 is 2.00 bits per heavy atom. The van der Waals surface area contributed by atoms with Crippen LogP contribution >= 0.6 is 0 Å². The van der Waals surface area contributed by atoms with Gasteiger partial charge < -0.3 is 10.3 Å². The van der Waals surface area contributed by atoms with Crippen LogP contribution in [-0.2, 0) is 7.05 Å². The van der Waals surface area contributed by atoms with E-state index in [0.29, 0.717) is 0 Å². The van der Waals surface area contributed by atoms with Crippen molar-refractivity contribution in [1.82, 2.24) is 24.5 Å². The molecule has 1 atom stereocenters. The lowest BCUT2D eigenvalue weighted by molar-refractivity contribution is 0.662. The first-order chi connectivity index (χ1) is 9.27. The second-order valence-corrected chi connectivity index (χ2v) is 4.28. The molecule has 2 aromatic heterocycles. The number of hydrogen-bond donors (Lipinski definition) is 1. The van der Waals surface area contributed by atoms with Gasteiger partial charge in [0.2, 0.25) is 0 Å². The first kappa shape index (κ1) is 11.6. The summed E-state index contributed by atoms with van der Waals surface area (Å²) in [6.45, 7) is 0. The summed E-state index contributed by atoms with van der Waals surface area (Å²) < 4.78 is 3.63. The number of imidazole rings is 1. The van der Waals surface area contributed by atoms with E-state index in [0.717, 1.165) is 17.2 Å². The van der Waals surface area contributed by atoms with Crippen molar-refractivity contribution in [3.8, 4) is 5.69 Å². The topological polar surface area (TPSA) is 74.6 Å². The minimum absolute atomic E-state index is 0.366. The Kier molecular flexibility index (Phi) is 2.85. The highest BCUT2D eigenvalue weighted by Gasteiger charge is 2.19. The van der Waals surface area contributed by atoms with Gasteiger partial charge in [-0.05, 0) is 12.1 Å². The molecule has 19 heavy (non-hydrogen) atoms. The lowest BCUT2D eigenvalue weighted by atomic mass is 10.2. The van der Waals surface area contributed by atoms with Gasteiger partial charge in [-0.3, -0.25) is 0 Å². The minimum Gasteiger partial charge on any atom is -0.336 e. The van der Waals surface area contributed by atoms with Crippen molar-refractivity contribution in [2.75, 3.05) is 0 Å². The maximum atomic E-state index is 6.26. The molecule has 0 fully saturated rings. The number of aromatic nitrogens is 5. The zero-order valence-electron chi connectivity index (χ0n) is 10.5. The van der Waals surface area contributed by atoms with E-state index in [1.807, 2.05) is 48.1 Å². The molecule has 0 saturated carbocycles. The third-order valence-corrected chi connectivity index (χ3v) is 3.03. The van der Waals surface area contributed by atoms with Gasteiger partial charge in [-0.15, -0.1) is 5.10 Å². The van der Waals surface area contributed by atoms with E-state index in [1.165, 1.54) is 0 Å². The van der Waals surface area contributed by atoms with Crippen LogP contribution in [0.2, 0.25) is 0 Å². The highest BCUT2D eigenvalue weighted by Crippen LogP contribution is 2.19. The SMILES string of the molecule is Cn1ccnc1C(N)c1cnnn1-c1ccccc1. The molecule has 0 saturated heterocycles. The molecule has 6 heteroatoms. The Bertz CT molecular complexity index is 669. The summed E-state index contributed by atoms with van der Waals surface area (Å²) in [6, 6.07) is 9.42. The lowest BCUT2D eigenvalue weighted by Crippen LogP contribution is -2.20. The molecule has 3 aromatic rings. The van der Waals surface area contributed by atoms with Gasteiger partial charge in [-0.25, -0.2) is 9.67 Å². The Labute approximate surface area is 110 Å². The van der Waals surface area contributed by atoms with Crippen LogP contribution in [0.15, 0.2) is 48.9 Å². The second kappa shape index (κ2) is 4.66. The Morgan fingerprint density at radius 1 is 1.21 bits per heavy atom. The van der Waals surface area contributed by atoms with Gasteiger partial charge in [-0.2, -0.15) is 0 Å². The fourth-order valence-corrected chi connectivity index (χ4v) is 2.03. The molecule has 0 aliphatic rings. The van der Waals surface area contributed by atoms with E-state index in [2.05, 4.69) is 15.3 Å². The van der Waals surface area contributed by atoms with E-state index in [4.69, 9.17) is 5.73 Å². The van der Waals surface area contributed by atoms with E-state index < -0.39 is 0 Å². The van der Waals surface area contributed by atoms with E-state index in [9.17, 15) is 0 Å². The molecule has 2 heterocycles. The Morgan fingerprint density at radius 3 is 2.68 bits per heavy atom. The van der Waals surface area contributed by atoms with Gasteiger partial charge in [0, 0.05) is 19.4 Å². The average Bonchev–Trinajstić information content (AvgIpc) is 3.07. The molecule has 1 unspecified atom stereocenters. The van der Waals surface area contributed by atoms with Gasteiger partial charge in [0.1, 0.15) is 11.9 Å². The van der Waals surface area contributed by atoms with Crippen molar-refractivity contribution in [3.05, 3.63) is 60.4 Å². The standard InChI is InChI=1S/C13H14N6/c1-18-8-7-15-13(18)12(14)11-9-16-17-19(11)10-5-3-2-4-6-10/h2-9,12H,14H2,1H3. The van der Waals surface area contributed by atoms with Crippen LogP contribution in [0.25, 0.3) is 5.69 Å². The summed E-state index contributed by atoms with van der Waals surface area (Å²) >= 11 is 0. The van der Waals surface area contributed by atoms with Crippen LogP contribution in [-0.4, -0.2) is 24.5 Å². The van der Waals surface area contributed by atoms with Crippen molar-refractivity contribution < 1.29 is 0 Å². The highest BCUT2D eigenvalue weighted by molar-refractivity contribution is 5.33. The smallest absolute Gasteiger partial charge is 0.131 e. The summed E-state index contributed by atoms with van der Waals surface area (Å²) in [5.74, 6) is 0.777. The van der Waals surface area contributed by atoms with E-state index in [-0.39, 0.29) is 6.04 Å². The fourth-order valence-electron chi connectivity index (χ4n) is 2.03. The van der Waals surface area contributed by atoms with Crippen LogP contribution in [0.4, 0.5) is 0 Å². The summed E-state index contributed by atoms with van der Waals surface area (Å²) in [6.07, 6.45) is 5.27. The summed E-state index contributed by atoms with van der Waals surface area (Å²) in [4.78, 5) is 4.28. The molecule has 0 aliphatic carbocycles. The maximum Gasteiger partial charge on any atom is 0.131 e. The molecule has 6 nitrogen and oxygen atoms in total. The molecule has 0 radical (unpaired) electrons. The van der Waals surface area contributed by atoms with Gasteiger partial charge in [-0.1, -0.05) is 23.4 Å². The first-order valence-corrected chi connectivity index (χ1v) is 5.96. The zero-order chi connectivity index (χ0) is 13.2. The molecule has 0 amide bonds. The quantitative estimate of drug-likeness (QED) is 0.758. The number of rotatable bonds is 3. The summed E-state index contributed by atoms with van der Waals surface area (Å²) in [5.41, 5.74) is 8.00. The fraction of sp³-hybridized carbons (Fsp3) is 0.154. The molecule has 0 bridgehead atoms. The van der Waals surface area contributed by atoms with Crippen LogP contribution in [0.1, 0.15) is 17.6 Å². The minimum atomic E-state index is -0.366. The van der Waals surface area contributed by atoms with Crippen molar-refractivity contribution in [2.24, 2.45) is 12.8 Å². The van der Waals surface area contributed by atoms with Crippen molar-refractivity contribution in [2.45, 2.75) is 6.04 Å². The monoisotopic (exact) mass is 254 g/mol. The van der Waals surface area contributed by atoms with Crippen LogP contribution in [0.3, 0.4) is 0 Å². The largest absolute Gasteiger partial charge is 0.336 e. The van der Waals surface area contributed by atoms with Gasteiger partial charge >= 0.3 is 0 Å². The lowest BCUT2D eigenvalue weighted by Gasteiger charge is -2.13. The van der Waals surface area contributed by atoms with Gasteiger partial charge in [0.15, 0.2) is 0 Å². The molecule has 1 aromatic carbocycles. The third-order valence-electron chi connectivity index (χ3n) is 3.03. The Balaban J connectivity index is 2.04. The predicted molar refractivity (Wildman–Crippen MR) is 70.6 cm³/mol. The summed E-state index contributed by atoms with van der Waals surface area (Å²) in [5, 5.41) is 8.05.